The highest BCUT2D eigenvalue weighted by atomic mass is 35.5. The van der Waals surface area contributed by atoms with Crippen molar-refractivity contribution in [3.05, 3.63) is 28.8 Å². The summed E-state index contributed by atoms with van der Waals surface area (Å²) in [4.78, 5) is 13.4. The first-order valence-corrected chi connectivity index (χ1v) is 7.00. The van der Waals surface area contributed by atoms with Gasteiger partial charge >= 0.3 is 0 Å². The molecule has 1 aromatic rings. The second kappa shape index (κ2) is 7.42. The second-order valence-electron chi connectivity index (χ2n) is 4.78. The second-order valence-corrected chi connectivity index (χ2v) is 5.19. The van der Waals surface area contributed by atoms with Crippen molar-refractivity contribution in [3.8, 4) is 0 Å². The van der Waals surface area contributed by atoms with Gasteiger partial charge in [0.1, 0.15) is 0 Å². The lowest BCUT2D eigenvalue weighted by Crippen LogP contribution is -2.32. The summed E-state index contributed by atoms with van der Waals surface area (Å²) in [7, 11) is 0. The summed E-state index contributed by atoms with van der Waals surface area (Å²) in [6, 6.07) is 6.00. The maximum atomic E-state index is 11.2. The van der Waals surface area contributed by atoms with E-state index in [0.29, 0.717) is 16.6 Å². The lowest BCUT2D eigenvalue weighted by Gasteiger charge is -2.30. The zero-order chi connectivity index (χ0) is 13.5. The molecule has 0 fully saturated rings. The number of halogens is 1. The number of aldehydes is 1. The van der Waals surface area contributed by atoms with E-state index >= 15 is 0 Å². The van der Waals surface area contributed by atoms with E-state index in [1.807, 2.05) is 12.1 Å². The van der Waals surface area contributed by atoms with Gasteiger partial charge in [0, 0.05) is 18.3 Å². The van der Waals surface area contributed by atoms with Crippen LogP contribution < -0.4 is 4.90 Å². The van der Waals surface area contributed by atoms with Crippen LogP contribution >= 0.6 is 11.6 Å². The molecule has 0 heterocycles. The highest BCUT2D eigenvalue weighted by molar-refractivity contribution is 6.33. The molecule has 0 unspecified atom stereocenters. The molecule has 0 aliphatic heterocycles. The Bertz CT molecular complexity index is 390. The van der Waals surface area contributed by atoms with Crippen LogP contribution in [0.15, 0.2) is 18.2 Å². The number of carbonyl (C=O) groups is 1. The van der Waals surface area contributed by atoms with Gasteiger partial charge in [0.15, 0.2) is 6.29 Å². The van der Waals surface area contributed by atoms with Crippen LogP contribution in [0.4, 0.5) is 5.69 Å². The molecular weight excluding hydrogens is 246 g/mol. The first-order valence-electron chi connectivity index (χ1n) is 6.62. The summed E-state index contributed by atoms with van der Waals surface area (Å²) in [6.07, 6.45) is 4.40. The lowest BCUT2D eigenvalue weighted by molar-refractivity contribution is 0.112. The molecule has 0 spiro atoms. The van der Waals surface area contributed by atoms with Crippen molar-refractivity contribution in [3.63, 3.8) is 0 Å². The number of hydrogen-bond donors (Lipinski definition) is 0. The van der Waals surface area contributed by atoms with Gasteiger partial charge in [0.2, 0.25) is 0 Å². The van der Waals surface area contributed by atoms with Gasteiger partial charge in [-0.25, -0.2) is 0 Å². The number of benzene rings is 1. The van der Waals surface area contributed by atoms with Gasteiger partial charge in [-0.15, -0.1) is 0 Å². The summed E-state index contributed by atoms with van der Waals surface area (Å²) in [5.41, 5.74) is 1.55. The maximum Gasteiger partial charge on any atom is 0.153 e. The Morgan fingerprint density at radius 3 is 2.61 bits per heavy atom. The molecule has 0 bridgehead atoms. The Labute approximate surface area is 115 Å². The van der Waals surface area contributed by atoms with Crippen LogP contribution in [-0.2, 0) is 0 Å². The van der Waals surface area contributed by atoms with E-state index in [-0.39, 0.29) is 0 Å². The molecule has 0 atom stereocenters. The van der Waals surface area contributed by atoms with Gasteiger partial charge in [-0.3, -0.25) is 4.79 Å². The Kier molecular flexibility index (Phi) is 6.20. The van der Waals surface area contributed by atoms with Gasteiger partial charge in [0.25, 0.3) is 0 Å². The van der Waals surface area contributed by atoms with Crippen LogP contribution in [-0.4, -0.2) is 18.9 Å². The fourth-order valence-electron chi connectivity index (χ4n) is 2.08. The van der Waals surface area contributed by atoms with Crippen LogP contribution in [0.25, 0.3) is 0 Å². The maximum absolute atomic E-state index is 11.2. The largest absolute Gasteiger partial charge is 0.368 e. The quantitative estimate of drug-likeness (QED) is 0.533. The molecule has 100 valence electrons. The summed E-state index contributed by atoms with van der Waals surface area (Å²) in [5, 5.41) is 0.531. The van der Waals surface area contributed by atoms with E-state index in [0.717, 1.165) is 24.9 Å². The highest BCUT2D eigenvalue weighted by Crippen LogP contribution is 2.27. The third-order valence-corrected chi connectivity index (χ3v) is 3.41. The molecule has 18 heavy (non-hydrogen) atoms. The molecule has 0 radical (unpaired) electrons. The van der Waals surface area contributed by atoms with E-state index in [1.54, 1.807) is 6.07 Å². The van der Waals surface area contributed by atoms with E-state index in [1.165, 1.54) is 12.8 Å². The van der Waals surface area contributed by atoms with Gasteiger partial charge in [0.05, 0.1) is 10.6 Å². The lowest BCUT2D eigenvalue weighted by atomic mass is 10.1. The van der Waals surface area contributed by atoms with Gasteiger partial charge in [-0.2, -0.15) is 0 Å². The minimum atomic E-state index is 0.360. The predicted octanol–water partition coefficient (Wildman–Crippen LogP) is 4.56. The van der Waals surface area contributed by atoms with Crippen molar-refractivity contribution in [2.24, 2.45) is 0 Å². The van der Waals surface area contributed by atoms with Crippen molar-refractivity contribution in [1.29, 1.82) is 0 Å². The van der Waals surface area contributed by atoms with Gasteiger partial charge in [-0.05, 0) is 32.4 Å². The SMILES string of the molecule is CCCCCN(c1cccc(Cl)c1C=O)C(C)C. The standard InChI is InChI=1S/C15H22ClNO/c1-4-5-6-10-17(12(2)3)15-9-7-8-14(16)13(15)11-18/h7-9,11-12H,4-6,10H2,1-3H3. The number of anilines is 1. The molecule has 0 saturated carbocycles. The van der Waals surface area contributed by atoms with Crippen molar-refractivity contribution >= 4 is 23.6 Å². The van der Waals surface area contributed by atoms with Gasteiger partial charge in [-0.1, -0.05) is 37.4 Å². The zero-order valence-corrected chi connectivity index (χ0v) is 12.2. The molecule has 0 aliphatic carbocycles. The molecule has 3 heteroatoms. The zero-order valence-electron chi connectivity index (χ0n) is 11.4. The number of rotatable bonds is 7. The minimum Gasteiger partial charge on any atom is -0.368 e. The predicted molar refractivity (Wildman–Crippen MR) is 78.8 cm³/mol. The fourth-order valence-corrected chi connectivity index (χ4v) is 2.30. The van der Waals surface area contributed by atoms with E-state index in [2.05, 4.69) is 25.7 Å². The number of unbranched alkanes of at least 4 members (excludes halogenated alkanes) is 2. The Balaban J connectivity index is 2.98. The fraction of sp³-hybridized carbons (Fsp3) is 0.533. The molecule has 0 saturated heterocycles. The van der Waals surface area contributed by atoms with Crippen LogP contribution in [0.5, 0.6) is 0 Å². The van der Waals surface area contributed by atoms with Crippen molar-refractivity contribution in [1.82, 2.24) is 0 Å². The van der Waals surface area contributed by atoms with E-state index in [9.17, 15) is 4.79 Å². The van der Waals surface area contributed by atoms with Crippen LogP contribution in [0.2, 0.25) is 5.02 Å². The van der Waals surface area contributed by atoms with E-state index in [4.69, 9.17) is 11.6 Å². The molecule has 2 nitrogen and oxygen atoms in total. The monoisotopic (exact) mass is 267 g/mol. The van der Waals surface area contributed by atoms with Crippen LogP contribution in [0.1, 0.15) is 50.4 Å². The van der Waals surface area contributed by atoms with E-state index < -0.39 is 0 Å². The topological polar surface area (TPSA) is 20.3 Å². The Morgan fingerprint density at radius 2 is 2.06 bits per heavy atom. The third kappa shape index (κ3) is 3.74. The molecule has 1 rings (SSSR count). The number of carbonyl (C=O) groups excluding carboxylic acids is 1. The van der Waals surface area contributed by atoms with Crippen LogP contribution in [0, 0.1) is 0 Å². The first kappa shape index (κ1) is 15.0. The first-order chi connectivity index (χ1) is 8.61. The summed E-state index contributed by atoms with van der Waals surface area (Å²) < 4.78 is 0. The molecular formula is C15H22ClNO. The average molecular weight is 268 g/mol. The molecule has 0 amide bonds. The summed E-state index contributed by atoms with van der Waals surface area (Å²) in [6.45, 7) is 7.44. The van der Waals surface area contributed by atoms with Gasteiger partial charge < -0.3 is 4.90 Å². The molecule has 0 aliphatic rings. The number of hydrogen-bond acceptors (Lipinski definition) is 2. The van der Waals surface area contributed by atoms with Crippen molar-refractivity contribution in [2.45, 2.75) is 46.1 Å². The average Bonchev–Trinajstić information content (AvgIpc) is 2.34. The number of nitrogens with zero attached hydrogens (tertiary/aromatic N) is 1. The Morgan fingerprint density at radius 1 is 1.33 bits per heavy atom. The van der Waals surface area contributed by atoms with Crippen molar-refractivity contribution < 1.29 is 4.79 Å². The summed E-state index contributed by atoms with van der Waals surface area (Å²) in [5.74, 6) is 0. The molecule has 1 aromatic carbocycles. The Hall–Kier alpha value is -1.02. The third-order valence-electron chi connectivity index (χ3n) is 3.08. The van der Waals surface area contributed by atoms with Crippen molar-refractivity contribution in [2.75, 3.05) is 11.4 Å². The highest BCUT2D eigenvalue weighted by Gasteiger charge is 2.15. The minimum absolute atomic E-state index is 0.360. The smallest absolute Gasteiger partial charge is 0.153 e. The molecule has 0 N–H and O–H groups in total. The normalized spacial score (nSPS) is 10.7. The van der Waals surface area contributed by atoms with Crippen LogP contribution in [0.3, 0.4) is 0 Å². The molecule has 0 aromatic heterocycles. The summed E-state index contributed by atoms with van der Waals surface area (Å²) >= 11 is 6.08.